The molecule has 3 heteroatoms. The molecule has 1 aliphatic rings. The maximum atomic E-state index is 8.06. The fourth-order valence-corrected chi connectivity index (χ4v) is 2.08. The Kier molecular flexibility index (Phi) is 6.85. The summed E-state index contributed by atoms with van der Waals surface area (Å²) in [6.07, 6.45) is 5.90. The third-order valence-corrected chi connectivity index (χ3v) is 3.08. The second-order valence-corrected chi connectivity index (χ2v) is 5.74. The zero-order valence-corrected chi connectivity index (χ0v) is 12.8. The van der Waals surface area contributed by atoms with Gasteiger partial charge in [-0.2, -0.15) is 0 Å². The maximum Gasteiger partial charge on any atom is 0.0552 e. The number of aliphatic hydroxyl groups is 1. The summed E-state index contributed by atoms with van der Waals surface area (Å²) in [5.41, 5.74) is 2.48. The van der Waals surface area contributed by atoms with Crippen LogP contribution in [0.5, 0.6) is 0 Å². The van der Waals surface area contributed by atoms with Crippen LogP contribution in [0.1, 0.15) is 58.6 Å². The SMILES string of the molecule is CC(C)O.CC(C)c1ccc(N2CCCCC2)cn1. The van der Waals surface area contributed by atoms with Gasteiger partial charge in [-0.05, 0) is 51.2 Å². The highest BCUT2D eigenvalue weighted by Gasteiger charge is 2.11. The molecule has 2 rings (SSSR count). The molecule has 2 heterocycles. The molecule has 1 aromatic heterocycles. The number of hydrogen-bond acceptors (Lipinski definition) is 3. The highest BCUT2D eigenvalue weighted by atomic mass is 16.3. The second kappa shape index (κ2) is 8.16. The number of hydrogen-bond donors (Lipinski definition) is 1. The number of rotatable bonds is 2. The van der Waals surface area contributed by atoms with Gasteiger partial charge in [-0.15, -0.1) is 0 Å². The van der Waals surface area contributed by atoms with Gasteiger partial charge in [-0.25, -0.2) is 0 Å². The van der Waals surface area contributed by atoms with Crippen molar-refractivity contribution in [1.29, 1.82) is 0 Å². The Balaban J connectivity index is 0.000000399. The molecule has 0 saturated carbocycles. The standard InChI is InChI=1S/C13H20N2.C3H8O/c1-11(2)13-7-6-12(10-14-13)15-8-4-3-5-9-15;1-3(2)4/h6-7,10-11H,3-5,8-9H2,1-2H3;3-4H,1-2H3. The largest absolute Gasteiger partial charge is 0.394 e. The Morgan fingerprint density at radius 3 is 2.05 bits per heavy atom. The molecule has 1 saturated heterocycles. The zero-order valence-electron chi connectivity index (χ0n) is 12.8. The molecule has 0 aliphatic carbocycles. The van der Waals surface area contributed by atoms with Crippen LogP contribution in [0.25, 0.3) is 0 Å². The van der Waals surface area contributed by atoms with Crippen LogP contribution < -0.4 is 4.90 Å². The quantitative estimate of drug-likeness (QED) is 0.887. The number of piperidine rings is 1. The lowest BCUT2D eigenvalue weighted by molar-refractivity contribution is 0.216. The van der Waals surface area contributed by atoms with Gasteiger partial charge in [-0.1, -0.05) is 13.8 Å². The molecule has 0 bridgehead atoms. The molecule has 0 spiro atoms. The Labute approximate surface area is 117 Å². The first-order chi connectivity index (χ1) is 9.00. The van der Waals surface area contributed by atoms with Gasteiger partial charge in [0.15, 0.2) is 0 Å². The Morgan fingerprint density at radius 1 is 1.05 bits per heavy atom. The van der Waals surface area contributed by atoms with Gasteiger partial charge in [0, 0.05) is 24.9 Å². The molecule has 1 N–H and O–H groups in total. The van der Waals surface area contributed by atoms with Crippen molar-refractivity contribution in [3.05, 3.63) is 24.0 Å². The molecule has 0 unspecified atom stereocenters. The fourth-order valence-electron chi connectivity index (χ4n) is 2.08. The molecule has 19 heavy (non-hydrogen) atoms. The van der Waals surface area contributed by atoms with Gasteiger partial charge in [0.1, 0.15) is 0 Å². The van der Waals surface area contributed by atoms with E-state index in [4.69, 9.17) is 5.11 Å². The number of nitrogens with zero attached hydrogens (tertiary/aromatic N) is 2. The summed E-state index contributed by atoms with van der Waals surface area (Å²) in [5, 5.41) is 8.06. The van der Waals surface area contributed by atoms with Crippen molar-refractivity contribution in [1.82, 2.24) is 4.98 Å². The van der Waals surface area contributed by atoms with Gasteiger partial charge < -0.3 is 10.0 Å². The summed E-state index contributed by atoms with van der Waals surface area (Å²) in [5.74, 6) is 0.528. The van der Waals surface area contributed by atoms with E-state index in [2.05, 4.69) is 35.9 Å². The van der Waals surface area contributed by atoms with E-state index in [9.17, 15) is 0 Å². The topological polar surface area (TPSA) is 36.4 Å². The molecule has 1 fully saturated rings. The Morgan fingerprint density at radius 2 is 1.63 bits per heavy atom. The van der Waals surface area contributed by atoms with Gasteiger partial charge in [-0.3, -0.25) is 4.98 Å². The van der Waals surface area contributed by atoms with Crippen LogP contribution in [0.2, 0.25) is 0 Å². The van der Waals surface area contributed by atoms with Crippen molar-refractivity contribution in [2.45, 2.75) is 59.0 Å². The van der Waals surface area contributed by atoms with Crippen molar-refractivity contribution < 1.29 is 5.11 Å². The van der Waals surface area contributed by atoms with Crippen molar-refractivity contribution in [2.75, 3.05) is 18.0 Å². The summed E-state index contributed by atoms with van der Waals surface area (Å²) in [7, 11) is 0. The molecule has 108 valence electrons. The van der Waals surface area contributed by atoms with Crippen molar-refractivity contribution >= 4 is 5.69 Å². The van der Waals surface area contributed by atoms with E-state index in [1.807, 2.05) is 6.20 Å². The summed E-state index contributed by atoms with van der Waals surface area (Å²) in [6, 6.07) is 4.38. The molecule has 1 aliphatic heterocycles. The summed E-state index contributed by atoms with van der Waals surface area (Å²) in [6.45, 7) is 10.2. The van der Waals surface area contributed by atoms with Crippen molar-refractivity contribution in [2.24, 2.45) is 0 Å². The maximum absolute atomic E-state index is 8.06. The predicted molar refractivity (Wildman–Crippen MR) is 81.7 cm³/mol. The monoisotopic (exact) mass is 264 g/mol. The van der Waals surface area contributed by atoms with Crippen LogP contribution in [-0.4, -0.2) is 29.3 Å². The first kappa shape index (κ1) is 16.0. The summed E-state index contributed by atoms with van der Waals surface area (Å²) >= 11 is 0. The van der Waals surface area contributed by atoms with E-state index in [0.717, 1.165) is 0 Å². The molecule has 0 amide bonds. The van der Waals surface area contributed by atoms with Crippen LogP contribution in [0.4, 0.5) is 5.69 Å². The van der Waals surface area contributed by atoms with Crippen molar-refractivity contribution in [3.63, 3.8) is 0 Å². The van der Waals surface area contributed by atoms with Crippen molar-refractivity contribution in [3.8, 4) is 0 Å². The molecule has 0 aromatic carbocycles. The van der Waals surface area contributed by atoms with Crippen LogP contribution in [-0.2, 0) is 0 Å². The minimum atomic E-state index is -0.167. The van der Waals surface area contributed by atoms with Crippen LogP contribution >= 0.6 is 0 Å². The molecule has 1 aromatic rings. The highest BCUT2D eigenvalue weighted by Crippen LogP contribution is 2.20. The predicted octanol–water partition coefficient (Wildman–Crippen LogP) is 3.58. The number of aromatic nitrogens is 1. The summed E-state index contributed by atoms with van der Waals surface area (Å²) < 4.78 is 0. The molecule has 3 nitrogen and oxygen atoms in total. The highest BCUT2D eigenvalue weighted by molar-refractivity contribution is 5.45. The lowest BCUT2D eigenvalue weighted by Gasteiger charge is -2.28. The van der Waals surface area contributed by atoms with Crippen LogP contribution in [0.3, 0.4) is 0 Å². The number of aliphatic hydroxyl groups excluding tert-OH is 1. The van der Waals surface area contributed by atoms with E-state index in [1.165, 1.54) is 43.7 Å². The lowest BCUT2D eigenvalue weighted by Crippen LogP contribution is -2.29. The smallest absolute Gasteiger partial charge is 0.0552 e. The van der Waals surface area contributed by atoms with E-state index >= 15 is 0 Å². The fraction of sp³-hybridized carbons (Fsp3) is 0.688. The van der Waals surface area contributed by atoms with E-state index in [0.29, 0.717) is 5.92 Å². The minimum absolute atomic E-state index is 0.167. The van der Waals surface area contributed by atoms with Gasteiger partial charge >= 0.3 is 0 Å². The third-order valence-electron chi connectivity index (χ3n) is 3.08. The third kappa shape index (κ3) is 6.06. The summed E-state index contributed by atoms with van der Waals surface area (Å²) in [4.78, 5) is 6.96. The van der Waals surface area contributed by atoms with Crippen LogP contribution in [0, 0.1) is 0 Å². The Hall–Kier alpha value is -1.09. The van der Waals surface area contributed by atoms with E-state index in [1.54, 1.807) is 13.8 Å². The van der Waals surface area contributed by atoms with E-state index < -0.39 is 0 Å². The van der Waals surface area contributed by atoms with Gasteiger partial charge in [0.25, 0.3) is 0 Å². The molecular formula is C16H28N2O. The van der Waals surface area contributed by atoms with Crippen LogP contribution in [0.15, 0.2) is 18.3 Å². The average molecular weight is 264 g/mol. The molecular weight excluding hydrogens is 236 g/mol. The zero-order chi connectivity index (χ0) is 14.3. The first-order valence-corrected chi connectivity index (χ1v) is 7.39. The number of anilines is 1. The molecule has 0 atom stereocenters. The van der Waals surface area contributed by atoms with Gasteiger partial charge in [0.05, 0.1) is 11.9 Å². The normalized spacial score (nSPS) is 15.4. The number of pyridine rings is 1. The molecule has 0 radical (unpaired) electrons. The average Bonchev–Trinajstić information content (AvgIpc) is 2.39. The lowest BCUT2D eigenvalue weighted by atomic mass is 10.1. The Bertz CT molecular complexity index is 338. The first-order valence-electron chi connectivity index (χ1n) is 7.39. The van der Waals surface area contributed by atoms with E-state index in [-0.39, 0.29) is 6.10 Å². The van der Waals surface area contributed by atoms with Gasteiger partial charge in [0.2, 0.25) is 0 Å². The second-order valence-electron chi connectivity index (χ2n) is 5.74. The minimum Gasteiger partial charge on any atom is -0.394 e.